The van der Waals surface area contributed by atoms with Gasteiger partial charge in [-0.15, -0.1) is 0 Å². The number of amides is 3. The Bertz CT molecular complexity index is 1800. The van der Waals surface area contributed by atoms with Crippen molar-refractivity contribution < 1.29 is 32.4 Å². The Morgan fingerprint density at radius 3 is 2.46 bits per heavy atom. The Hall–Kier alpha value is -3.61. The number of benzene rings is 3. The van der Waals surface area contributed by atoms with E-state index in [1.54, 1.807) is 12.1 Å². The molecule has 3 heterocycles. The highest BCUT2D eigenvalue weighted by atomic mass is 35.5. The molecule has 0 radical (unpaired) electrons. The van der Waals surface area contributed by atoms with Crippen LogP contribution >= 0.6 is 31.1 Å². The molecule has 12 nitrogen and oxygen atoms in total. The van der Waals surface area contributed by atoms with Crippen LogP contribution in [0.15, 0.2) is 72.8 Å². The van der Waals surface area contributed by atoms with E-state index in [1.165, 1.54) is 16.0 Å². The summed E-state index contributed by atoms with van der Waals surface area (Å²) in [6.07, 6.45) is 0.519. The molecule has 2 saturated heterocycles. The van der Waals surface area contributed by atoms with E-state index in [0.29, 0.717) is 31.7 Å². The van der Waals surface area contributed by atoms with Crippen molar-refractivity contribution in [3.63, 3.8) is 0 Å². The van der Waals surface area contributed by atoms with E-state index in [4.69, 9.17) is 25.0 Å². The minimum Gasteiger partial charge on any atom is -0.382 e. The van der Waals surface area contributed by atoms with E-state index >= 15 is 0 Å². The van der Waals surface area contributed by atoms with Crippen molar-refractivity contribution in [1.29, 1.82) is 0 Å². The van der Waals surface area contributed by atoms with E-state index in [9.17, 15) is 18.9 Å². The number of piperazine rings is 1. The standard InChI is InChI=1S/C37H43ClN5O7PS/c38-29-11-9-28(10-12-29)35(27-5-2-1-3-6-27)42-18-16-41(17-19-42)20-22-48-23-24-49-51(47)26-52-50-21-15-39-32-8-4-7-30-31(32)25-43(37(30)46)33-13-14-34(44)40-36(33)45/h1-12,33,35,39,51H,13-25H2,(H,40,44,45). The number of carbonyl (C=O) groups excluding carboxylic acids is 3. The summed E-state index contributed by atoms with van der Waals surface area (Å²) in [4.78, 5) is 46.0. The molecular weight excluding hydrogens is 725 g/mol. The van der Waals surface area contributed by atoms with Gasteiger partial charge >= 0.3 is 0 Å². The van der Waals surface area contributed by atoms with Crippen LogP contribution in [0.3, 0.4) is 0 Å². The lowest BCUT2D eigenvalue weighted by atomic mass is 9.96. The Balaban J connectivity index is 0.833. The second-order valence-corrected chi connectivity index (χ2v) is 15.2. The summed E-state index contributed by atoms with van der Waals surface area (Å²) in [5.41, 5.74) is 4.61. The molecule has 0 spiro atoms. The summed E-state index contributed by atoms with van der Waals surface area (Å²) in [5.74, 6) is -0.981. The van der Waals surface area contributed by atoms with E-state index < -0.39 is 20.0 Å². The molecule has 276 valence electrons. The van der Waals surface area contributed by atoms with Crippen molar-refractivity contribution in [1.82, 2.24) is 20.0 Å². The van der Waals surface area contributed by atoms with Gasteiger partial charge in [0, 0.05) is 90.4 Å². The van der Waals surface area contributed by atoms with Crippen LogP contribution in [0.25, 0.3) is 0 Å². The first-order valence-corrected chi connectivity index (χ1v) is 19.9. The van der Waals surface area contributed by atoms with Crippen LogP contribution in [0.2, 0.25) is 5.02 Å². The van der Waals surface area contributed by atoms with Crippen molar-refractivity contribution >= 4 is 54.5 Å². The Morgan fingerprint density at radius 1 is 0.923 bits per heavy atom. The first-order valence-electron chi connectivity index (χ1n) is 17.4. The van der Waals surface area contributed by atoms with Gasteiger partial charge in [0.1, 0.15) is 6.04 Å². The normalized spacial score (nSPS) is 19.1. The molecule has 0 aromatic heterocycles. The number of hydrogen-bond donors (Lipinski definition) is 2. The van der Waals surface area contributed by atoms with Crippen molar-refractivity contribution in [3.8, 4) is 4.93 Å². The van der Waals surface area contributed by atoms with Gasteiger partial charge in [-0.2, -0.15) is 0 Å². The molecule has 0 bridgehead atoms. The predicted molar refractivity (Wildman–Crippen MR) is 202 cm³/mol. The third-order valence-electron chi connectivity index (χ3n) is 9.35. The number of piperidine rings is 1. The maximum absolute atomic E-state index is 13.0. The summed E-state index contributed by atoms with van der Waals surface area (Å²) in [6.45, 7) is 6.68. The zero-order valence-corrected chi connectivity index (χ0v) is 31.3. The Labute approximate surface area is 313 Å². The third-order valence-corrected chi connectivity index (χ3v) is 11.4. The highest BCUT2D eigenvalue weighted by Gasteiger charge is 2.39. The second-order valence-electron chi connectivity index (χ2n) is 12.7. The van der Waals surface area contributed by atoms with Gasteiger partial charge in [-0.05, 0) is 41.8 Å². The van der Waals surface area contributed by atoms with Crippen molar-refractivity contribution in [2.75, 3.05) is 71.0 Å². The van der Waals surface area contributed by atoms with Gasteiger partial charge in [-0.25, -0.2) is 0 Å². The smallest absolute Gasteiger partial charge is 0.266 e. The van der Waals surface area contributed by atoms with Gasteiger partial charge in [0.2, 0.25) is 11.8 Å². The highest BCUT2D eigenvalue weighted by molar-refractivity contribution is 7.87. The maximum atomic E-state index is 13.0. The minimum absolute atomic E-state index is 0.177. The molecule has 52 heavy (non-hydrogen) atoms. The van der Waals surface area contributed by atoms with Crippen molar-refractivity contribution in [3.05, 3.63) is 100 Å². The molecule has 3 atom stereocenters. The van der Waals surface area contributed by atoms with Crippen LogP contribution in [0.4, 0.5) is 5.69 Å². The number of anilines is 1. The average molecular weight is 768 g/mol. The lowest BCUT2D eigenvalue weighted by Crippen LogP contribution is -2.52. The number of rotatable bonds is 15. The lowest BCUT2D eigenvalue weighted by molar-refractivity contribution is -0.136. The SMILES string of the molecule is O=C1CCC(N2Cc3c(NCCOS#C[PH](=O)OCCOCCN4CCN(C(c5ccccc5)c5ccc(Cl)cc5)CC4)cccc3C2=O)C(=O)N1. The number of imide groups is 1. The van der Waals surface area contributed by atoms with E-state index in [2.05, 4.69) is 61.8 Å². The summed E-state index contributed by atoms with van der Waals surface area (Å²) in [6, 6.07) is 23.6. The Kier molecular flexibility index (Phi) is 13.9. The Morgan fingerprint density at radius 2 is 1.69 bits per heavy atom. The molecule has 3 aromatic rings. The van der Waals surface area contributed by atoms with E-state index in [1.807, 2.05) is 24.3 Å². The molecule has 0 aliphatic carbocycles. The average Bonchev–Trinajstić information content (AvgIpc) is 3.49. The molecular formula is C37H43ClN5O7PS. The number of nitrogens with zero attached hydrogens (tertiary/aromatic N) is 3. The largest absolute Gasteiger partial charge is 0.382 e. The third kappa shape index (κ3) is 10.1. The molecule has 0 saturated carbocycles. The molecule has 3 aliphatic heterocycles. The molecule has 3 unspecified atom stereocenters. The predicted octanol–water partition coefficient (Wildman–Crippen LogP) is 5.01. The number of hydrogen-bond acceptors (Lipinski definition) is 10. The number of halogens is 1. The molecule has 2 N–H and O–H groups in total. The van der Waals surface area contributed by atoms with Gasteiger partial charge in [-0.1, -0.05) is 60.1 Å². The fourth-order valence-electron chi connectivity index (χ4n) is 6.74. The van der Waals surface area contributed by atoms with Gasteiger partial charge in [0.25, 0.3) is 13.9 Å². The summed E-state index contributed by atoms with van der Waals surface area (Å²) >= 11 is 7.02. The fraction of sp³-hybridized carbons (Fsp3) is 0.405. The molecule has 2 fully saturated rings. The first kappa shape index (κ1) is 38.1. The van der Waals surface area contributed by atoms with Crippen molar-refractivity contribution in [2.45, 2.75) is 31.5 Å². The fourth-order valence-corrected chi connectivity index (χ4v) is 8.05. The van der Waals surface area contributed by atoms with Crippen LogP contribution in [0, 0.1) is 4.93 Å². The topological polar surface area (TPSA) is 130 Å². The van der Waals surface area contributed by atoms with Gasteiger partial charge in [0.15, 0.2) is 0 Å². The lowest BCUT2D eigenvalue weighted by Gasteiger charge is -2.39. The van der Waals surface area contributed by atoms with Gasteiger partial charge in [-0.3, -0.25) is 38.2 Å². The van der Waals surface area contributed by atoms with Gasteiger partial charge < -0.3 is 19.5 Å². The van der Waals surface area contributed by atoms with E-state index in [-0.39, 0.29) is 44.0 Å². The quantitative estimate of drug-likeness (QED) is 0.0943. The van der Waals surface area contributed by atoms with Crippen LogP contribution < -0.4 is 10.6 Å². The van der Waals surface area contributed by atoms with Crippen LogP contribution in [0.5, 0.6) is 0 Å². The monoisotopic (exact) mass is 767 g/mol. The molecule has 6 rings (SSSR count). The van der Waals surface area contributed by atoms with Crippen LogP contribution in [0.1, 0.15) is 45.9 Å². The number of nitrogens with one attached hydrogen (secondary N) is 2. The van der Waals surface area contributed by atoms with Crippen molar-refractivity contribution in [2.24, 2.45) is 0 Å². The summed E-state index contributed by atoms with van der Waals surface area (Å²) < 4.78 is 28.8. The molecule has 15 heteroatoms. The minimum atomic E-state index is -2.52. The van der Waals surface area contributed by atoms with Crippen LogP contribution in [-0.4, -0.2) is 104 Å². The number of carbonyl (C=O) groups is 3. The molecule has 3 amide bonds. The zero-order chi connectivity index (χ0) is 36.3. The summed E-state index contributed by atoms with van der Waals surface area (Å²) in [7, 11) is -2.52. The zero-order valence-electron chi connectivity index (χ0n) is 28.8. The molecule has 3 aliphatic rings. The highest BCUT2D eigenvalue weighted by Crippen LogP contribution is 2.33. The van der Waals surface area contributed by atoms with Crippen LogP contribution in [-0.2, 0) is 34.1 Å². The maximum Gasteiger partial charge on any atom is 0.266 e. The second kappa shape index (κ2) is 18.9. The first-order chi connectivity index (χ1) is 25.4. The van der Waals surface area contributed by atoms with E-state index in [0.717, 1.165) is 60.4 Å². The molecule has 3 aromatic carbocycles. The number of fused-ring (bicyclic) bond motifs is 1. The van der Waals surface area contributed by atoms with Gasteiger partial charge in [0.05, 0.1) is 32.5 Å². The summed E-state index contributed by atoms with van der Waals surface area (Å²) in [5, 5.41) is 6.32. The number of ether oxygens (including phenoxy) is 1.